The van der Waals surface area contributed by atoms with E-state index in [9.17, 15) is 4.39 Å². The van der Waals surface area contributed by atoms with Gasteiger partial charge in [0.2, 0.25) is 0 Å². The van der Waals surface area contributed by atoms with Crippen molar-refractivity contribution in [3.63, 3.8) is 0 Å². The summed E-state index contributed by atoms with van der Waals surface area (Å²) < 4.78 is 11.7. The number of alkyl halides is 1. The molecule has 4 heteroatoms. The Balaban J connectivity index is 2.41. The Labute approximate surface area is 70.7 Å². The molecule has 1 aliphatic rings. The summed E-state index contributed by atoms with van der Waals surface area (Å²) in [7, 11) is 0. The molecule has 1 aliphatic heterocycles. The van der Waals surface area contributed by atoms with Gasteiger partial charge in [-0.15, -0.1) is 0 Å². The lowest BCUT2D eigenvalue weighted by Crippen LogP contribution is -2.36. The molecule has 0 radical (unpaired) electrons. The standard InChI is InChI=1S/C7H13FN2S/c1-7(2)5-11-6(10-7)9-4-3-8/h3-5H2,1-2H3,(H,9,10). The minimum absolute atomic E-state index is 0.125. The van der Waals surface area contributed by atoms with Crippen LogP contribution in [-0.2, 0) is 0 Å². The normalized spacial score (nSPS) is 25.5. The lowest BCUT2D eigenvalue weighted by atomic mass is 10.1. The molecule has 0 unspecified atom stereocenters. The summed E-state index contributed by atoms with van der Waals surface area (Å²) in [5.74, 6) is 1.01. The van der Waals surface area contributed by atoms with E-state index < -0.39 is 0 Å². The second-order valence-electron chi connectivity index (χ2n) is 3.17. The zero-order chi connectivity index (χ0) is 8.32. The van der Waals surface area contributed by atoms with E-state index >= 15 is 0 Å². The van der Waals surface area contributed by atoms with E-state index in [1.807, 2.05) is 0 Å². The summed E-state index contributed by atoms with van der Waals surface area (Å²) in [5, 5.41) is 4.09. The van der Waals surface area contributed by atoms with Gasteiger partial charge in [-0.25, -0.2) is 4.39 Å². The molecule has 0 spiro atoms. The first-order chi connectivity index (χ1) is 5.14. The largest absolute Gasteiger partial charge is 0.359 e. The van der Waals surface area contributed by atoms with Crippen molar-refractivity contribution in [2.75, 3.05) is 19.0 Å². The molecule has 1 saturated heterocycles. The molecule has 0 amide bonds. The highest BCUT2D eigenvalue weighted by Crippen LogP contribution is 2.21. The Kier molecular flexibility index (Phi) is 2.76. The average Bonchev–Trinajstić information content (AvgIpc) is 2.26. The van der Waals surface area contributed by atoms with E-state index in [0.717, 1.165) is 10.9 Å². The van der Waals surface area contributed by atoms with Gasteiger partial charge in [-0.1, -0.05) is 11.8 Å². The maximum Gasteiger partial charge on any atom is 0.157 e. The molecular weight excluding hydrogens is 163 g/mol. The zero-order valence-corrected chi connectivity index (χ0v) is 7.67. The molecule has 1 rings (SSSR count). The molecule has 0 aliphatic carbocycles. The molecule has 0 aromatic heterocycles. The van der Waals surface area contributed by atoms with Gasteiger partial charge >= 0.3 is 0 Å². The number of thioether (sulfide) groups is 1. The third-order valence-electron chi connectivity index (χ3n) is 1.35. The smallest absolute Gasteiger partial charge is 0.157 e. The van der Waals surface area contributed by atoms with Crippen molar-refractivity contribution >= 4 is 16.9 Å². The zero-order valence-electron chi connectivity index (χ0n) is 6.85. The maximum absolute atomic E-state index is 11.7. The Morgan fingerprint density at radius 2 is 2.45 bits per heavy atom. The van der Waals surface area contributed by atoms with Gasteiger partial charge in [-0.05, 0) is 13.8 Å². The summed E-state index contributed by atoms with van der Waals surface area (Å²) >= 11 is 1.66. The lowest BCUT2D eigenvalue weighted by Gasteiger charge is -2.15. The molecule has 64 valence electrons. The van der Waals surface area contributed by atoms with Crippen LogP contribution in [0.3, 0.4) is 0 Å². The Bertz CT molecular complexity index is 168. The molecule has 0 bridgehead atoms. The molecule has 1 N–H and O–H groups in total. The van der Waals surface area contributed by atoms with Crippen LogP contribution in [-0.4, -0.2) is 29.7 Å². The van der Waals surface area contributed by atoms with E-state index in [1.165, 1.54) is 0 Å². The van der Waals surface area contributed by atoms with E-state index in [1.54, 1.807) is 11.8 Å². The van der Waals surface area contributed by atoms with Crippen LogP contribution in [0.2, 0.25) is 0 Å². The fourth-order valence-electron chi connectivity index (χ4n) is 0.839. The van der Waals surface area contributed by atoms with Gasteiger partial charge < -0.3 is 5.32 Å². The number of hydrogen-bond donors (Lipinski definition) is 1. The first-order valence-corrected chi connectivity index (χ1v) is 4.64. The molecule has 0 aromatic rings. The SMILES string of the molecule is CC1(C)CSC(=NCCF)N1. The predicted molar refractivity (Wildman–Crippen MR) is 47.9 cm³/mol. The summed E-state index contributed by atoms with van der Waals surface area (Å²) in [5.41, 5.74) is 0.125. The van der Waals surface area contributed by atoms with E-state index in [0.29, 0.717) is 0 Å². The van der Waals surface area contributed by atoms with Crippen molar-refractivity contribution in [1.82, 2.24) is 5.32 Å². The van der Waals surface area contributed by atoms with Crippen LogP contribution in [0.25, 0.3) is 0 Å². The molecule has 1 heterocycles. The van der Waals surface area contributed by atoms with Gasteiger partial charge in [0, 0.05) is 11.3 Å². The van der Waals surface area contributed by atoms with Crippen LogP contribution < -0.4 is 5.32 Å². The van der Waals surface area contributed by atoms with Gasteiger partial charge in [0.15, 0.2) is 5.17 Å². The highest BCUT2D eigenvalue weighted by Gasteiger charge is 2.26. The monoisotopic (exact) mass is 176 g/mol. The number of hydrogen-bond acceptors (Lipinski definition) is 2. The molecular formula is C7H13FN2S. The highest BCUT2D eigenvalue weighted by atomic mass is 32.2. The number of rotatable bonds is 2. The van der Waals surface area contributed by atoms with E-state index in [-0.39, 0.29) is 18.8 Å². The maximum atomic E-state index is 11.7. The average molecular weight is 176 g/mol. The van der Waals surface area contributed by atoms with Gasteiger partial charge in [-0.2, -0.15) is 0 Å². The van der Waals surface area contributed by atoms with Crippen molar-refractivity contribution in [3.05, 3.63) is 0 Å². The molecule has 0 saturated carbocycles. The second kappa shape index (κ2) is 3.43. The lowest BCUT2D eigenvalue weighted by molar-refractivity contribution is 0.501. The number of amidine groups is 1. The van der Waals surface area contributed by atoms with Gasteiger partial charge in [0.25, 0.3) is 0 Å². The third kappa shape index (κ3) is 2.69. The summed E-state index contributed by atoms with van der Waals surface area (Å²) in [6.45, 7) is 4.13. The van der Waals surface area contributed by atoms with Crippen LogP contribution in [0.4, 0.5) is 4.39 Å². The first kappa shape index (κ1) is 8.84. The van der Waals surface area contributed by atoms with Gasteiger partial charge in [0.1, 0.15) is 6.67 Å². The molecule has 2 nitrogen and oxygen atoms in total. The van der Waals surface area contributed by atoms with E-state index in [2.05, 4.69) is 24.2 Å². The predicted octanol–water partition coefficient (Wildman–Crippen LogP) is 1.43. The minimum Gasteiger partial charge on any atom is -0.359 e. The van der Waals surface area contributed by atoms with Crippen LogP contribution in [0.1, 0.15) is 13.8 Å². The molecule has 1 fully saturated rings. The molecule has 11 heavy (non-hydrogen) atoms. The first-order valence-electron chi connectivity index (χ1n) is 3.65. The van der Waals surface area contributed by atoms with Crippen LogP contribution in [0.15, 0.2) is 4.99 Å². The number of nitrogens with one attached hydrogen (secondary N) is 1. The van der Waals surface area contributed by atoms with Crippen molar-refractivity contribution in [1.29, 1.82) is 0 Å². The van der Waals surface area contributed by atoms with Crippen molar-refractivity contribution < 1.29 is 4.39 Å². The van der Waals surface area contributed by atoms with Gasteiger partial charge in [-0.3, -0.25) is 4.99 Å². The van der Waals surface area contributed by atoms with Crippen molar-refractivity contribution in [2.45, 2.75) is 19.4 Å². The fourth-order valence-corrected chi connectivity index (χ4v) is 1.94. The van der Waals surface area contributed by atoms with Gasteiger partial charge in [0.05, 0.1) is 6.54 Å². The summed E-state index contributed by atoms with van der Waals surface area (Å²) in [4.78, 5) is 4.03. The van der Waals surface area contributed by atoms with Crippen LogP contribution in [0, 0.1) is 0 Å². The number of nitrogens with zero attached hydrogens (tertiary/aromatic N) is 1. The summed E-state index contributed by atoms with van der Waals surface area (Å²) in [6, 6.07) is 0. The fraction of sp³-hybridized carbons (Fsp3) is 0.857. The molecule has 0 aromatic carbocycles. The Hall–Kier alpha value is -0.250. The Morgan fingerprint density at radius 1 is 1.73 bits per heavy atom. The summed E-state index contributed by atoms with van der Waals surface area (Å²) in [6.07, 6.45) is 0. The minimum atomic E-state index is -0.369. The Morgan fingerprint density at radius 3 is 2.91 bits per heavy atom. The third-order valence-corrected chi connectivity index (χ3v) is 2.73. The van der Waals surface area contributed by atoms with Crippen molar-refractivity contribution in [3.8, 4) is 0 Å². The highest BCUT2D eigenvalue weighted by molar-refractivity contribution is 8.14. The van der Waals surface area contributed by atoms with Crippen molar-refractivity contribution in [2.24, 2.45) is 4.99 Å². The number of halogens is 1. The van der Waals surface area contributed by atoms with E-state index in [4.69, 9.17) is 0 Å². The topological polar surface area (TPSA) is 24.4 Å². The van der Waals surface area contributed by atoms with Crippen LogP contribution >= 0.6 is 11.8 Å². The van der Waals surface area contributed by atoms with Crippen LogP contribution in [0.5, 0.6) is 0 Å². The molecule has 0 atom stereocenters. The number of aliphatic imine (C=N–C) groups is 1. The second-order valence-corrected chi connectivity index (χ2v) is 4.14. The quantitative estimate of drug-likeness (QED) is 0.688.